The summed E-state index contributed by atoms with van der Waals surface area (Å²) >= 11 is 0. The van der Waals surface area contributed by atoms with E-state index in [1.54, 1.807) is 6.20 Å². The molecule has 0 radical (unpaired) electrons. The molecule has 1 atom stereocenters. The van der Waals surface area contributed by atoms with Crippen LogP contribution in [0.3, 0.4) is 0 Å². The number of anilines is 1. The van der Waals surface area contributed by atoms with Crippen LogP contribution < -0.4 is 5.32 Å². The van der Waals surface area contributed by atoms with E-state index in [1.165, 1.54) is 5.56 Å². The summed E-state index contributed by atoms with van der Waals surface area (Å²) < 4.78 is 2.09. The summed E-state index contributed by atoms with van der Waals surface area (Å²) in [5.74, 6) is 0.874. The SMILES string of the molecule is CNc1nccn1C(C)c1ccncc1. The van der Waals surface area contributed by atoms with Gasteiger partial charge < -0.3 is 9.88 Å². The van der Waals surface area contributed by atoms with Crippen LogP contribution in [0.15, 0.2) is 36.9 Å². The van der Waals surface area contributed by atoms with Crippen molar-refractivity contribution in [2.75, 3.05) is 12.4 Å². The second-order valence-corrected chi connectivity index (χ2v) is 3.36. The van der Waals surface area contributed by atoms with E-state index >= 15 is 0 Å². The number of rotatable bonds is 3. The van der Waals surface area contributed by atoms with Gasteiger partial charge in [0.1, 0.15) is 0 Å². The molecule has 2 aromatic rings. The van der Waals surface area contributed by atoms with Crippen molar-refractivity contribution in [1.29, 1.82) is 0 Å². The molecule has 0 fully saturated rings. The van der Waals surface area contributed by atoms with E-state index in [9.17, 15) is 0 Å². The molecular weight excluding hydrogens is 188 g/mol. The lowest BCUT2D eigenvalue weighted by atomic mass is 10.1. The van der Waals surface area contributed by atoms with Crippen molar-refractivity contribution in [2.45, 2.75) is 13.0 Å². The Morgan fingerprint density at radius 2 is 2.00 bits per heavy atom. The zero-order valence-corrected chi connectivity index (χ0v) is 8.88. The van der Waals surface area contributed by atoms with Gasteiger partial charge in [-0.05, 0) is 24.6 Å². The highest BCUT2D eigenvalue weighted by Crippen LogP contribution is 2.20. The summed E-state index contributed by atoms with van der Waals surface area (Å²) in [5.41, 5.74) is 1.22. The van der Waals surface area contributed by atoms with Crippen LogP contribution in [-0.4, -0.2) is 21.6 Å². The predicted octanol–water partition coefficient (Wildman–Crippen LogP) is 1.93. The Morgan fingerprint density at radius 3 is 2.67 bits per heavy atom. The maximum absolute atomic E-state index is 4.22. The lowest BCUT2D eigenvalue weighted by Crippen LogP contribution is -2.09. The van der Waals surface area contributed by atoms with Gasteiger partial charge in [-0.2, -0.15) is 0 Å². The lowest BCUT2D eigenvalue weighted by Gasteiger charge is -2.15. The van der Waals surface area contributed by atoms with Gasteiger partial charge in [0.25, 0.3) is 0 Å². The van der Waals surface area contributed by atoms with Crippen molar-refractivity contribution in [3.8, 4) is 0 Å². The number of pyridine rings is 1. The summed E-state index contributed by atoms with van der Waals surface area (Å²) in [5, 5.41) is 3.06. The van der Waals surface area contributed by atoms with Crippen molar-refractivity contribution in [2.24, 2.45) is 0 Å². The number of hydrogen-bond acceptors (Lipinski definition) is 3. The highest BCUT2D eigenvalue weighted by molar-refractivity contribution is 5.28. The molecule has 0 aromatic carbocycles. The maximum atomic E-state index is 4.22. The molecule has 0 amide bonds. The van der Waals surface area contributed by atoms with Gasteiger partial charge in [-0.25, -0.2) is 4.98 Å². The first-order chi connectivity index (χ1) is 7.33. The minimum absolute atomic E-state index is 0.262. The molecule has 78 valence electrons. The minimum atomic E-state index is 0.262. The summed E-state index contributed by atoms with van der Waals surface area (Å²) in [4.78, 5) is 8.23. The molecule has 2 aromatic heterocycles. The Hall–Kier alpha value is -1.84. The van der Waals surface area contributed by atoms with E-state index in [0.717, 1.165) is 5.95 Å². The number of aromatic nitrogens is 3. The molecule has 4 heteroatoms. The molecule has 0 saturated heterocycles. The quantitative estimate of drug-likeness (QED) is 0.827. The first-order valence-electron chi connectivity index (χ1n) is 4.93. The Bertz CT molecular complexity index is 421. The average Bonchev–Trinajstić information content (AvgIpc) is 2.77. The highest BCUT2D eigenvalue weighted by Gasteiger charge is 2.10. The van der Waals surface area contributed by atoms with Gasteiger partial charge in [-0.3, -0.25) is 4.98 Å². The van der Waals surface area contributed by atoms with E-state index in [-0.39, 0.29) is 6.04 Å². The first kappa shape index (κ1) is 9.71. The van der Waals surface area contributed by atoms with Crippen LogP contribution in [0.25, 0.3) is 0 Å². The van der Waals surface area contributed by atoms with E-state index in [4.69, 9.17) is 0 Å². The van der Waals surface area contributed by atoms with Crippen molar-refractivity contribution >= 4 is 5.95 Å². The highest BCUT2D eigenvalue weighted by atomic mass is 15.2. The van der Waals surface area contributed by atoms with Crippen LogP contribution in [0.2, 0.25) is 0 Å². The minimum Gasteiger partial charge on any atom is -0.359 e. The number of hydrogen-bond donors (Lipinski definition) is 1. The standard InChI is InChI=1S/C11H14N4/c1-9(10-3-5-13-6-4-10)15-8-7-14-11(15)12-2/h3-9H,1-2H3,(H,12,14). The second kappa shape index (κ2) is 4.13. The molecular formula is C11H14N4. The van der Waals surface area contributed by atoms with Gasteiger partial charge in [0.2, 0.25) is 5.95 Å². The largest absolute Gasteiger partial charge is 0.359 e. The van der Waals surface area contributed by atoms with Gasteiger partial charge in [0.15, 0.2) is 0 Å². The third kappa shape index (κ3) is 1.83. The molecule has 2 rings (SSSR count). The fourth-order valence-corrected chi connectivity index (χ4v) is 1.62. The lowest BCUT2D eigenvalue weighted by molar-refractivity contribution is 0.645. The van der Waals surface area contributed by atoms with Gasteiger partial charge in [0.05, 0.1) is 6.04 Å². The Kier molecular flexibility index (Phi) is 2.67. The van der Waals surface area contributed by atoms with Gasteiger partial charge in [-0.15, -0.1) is 0 Å². The van der Waals surface area contributed by atoms with Gasteiger partial charge in [0, 0.05) is 31.8 Å². The number of imidazole rings is 1. The molecule has 0 saturated carbocycles. The Labute approximate surface area is 89.0 Å². The van der Waals surface area contributed by atoms with Crippen LogP contribution in [0.5, 0.6) is 0 Å². The van der Waals surface area contributed by atoms with Crippen molar-refractivity contribution in [1.82, 2.24) is 14.5 Å². The van der Waals surface area contributed by atoms with Crippen LogP contribution >= 0.6 is 0 Å². The van der Waals surface area contributed by atoms with Crippen LogP contribution in [0.4, 0.5) is 5.95 Å². The zero-order chi connectivity index (χ0) is 10.7. The van der Waals surface area contributed by atoms with Crippen LogP contribution in [0.1, 0.15) is 18.5 Å². The van der Waals surface area contributed by atoms with Gasteiger partial charge in [-0.1, -0.05) is 0 Å². The second-order valence-electron chi connectivity index (χ2n) is 3.36. The molecule has 0 bridgehead atoms. The van der Waals surface area contributed by atoms with Gasteiger partial charge >= 0.3 is 0 Å². The topological polar surface area (TPSA) is 42.7 Å². The van der Waals surface area contributed by atoms with E-state index in [1.807, 2.05) is 37.8 Å². The Morgan fingerprint density at radius 1 is 1.27 bits per heavy atom. The van der Waals surface area contributed by atoms with Crippen molar-refractivity contribution in [3.63, 3.8) is 0 Å². The monoisotopic (exact) mass is 202 g/mol. The number of nitrogens with one attached hydrogen (secondary N) is 1. The molecule has 0 aliphatic carbocycles. The van der Waals surface area contributed by atoms with E-state index in [0.29, 0.717) is 0 Å². The molecule has 0 spiro atoms. The smallest absolute Gasteiger partial charge is 0.203 e. The fraction of sp³-hybridized carbons (Fsp3) is 0.273. The molecule has 0 aliphatic heterocycles. The average molecular weight is 202 g/mol. The molecule has 15 heavy (non-hydrogen) atoms. The fourth-order valence-electron chi connectivity index (χ4n) is 1.62. The third-order valence-electron chi connectivity index (χ3n) is 2.50. The number of nitrogens with zero attached hydrogens (tertiary/aromatic N) is 3. The molecule has 1 unspecified atom stereocenters. The summed E-state index contributed by atoms with van der Waals surface area (Å²) in [6.45, 7) is 2.14. The van der Waals surface area contributed by atoms with Crippen LogP contribution in [0, 0.1) is 0 Å². The zero-order valence-electron chi connectivity index (χ0n) is 8.88. The molecule has 0 aliphatic rings. The van der Waals surface area contributed by atoms with Crippen molar-refractivity contribution < 1.29 is 0 Å². The van der Waals surface area contributed by atoms with E-state index in [2.05, 4.69) is 26.8 Å². The third-order valence-corrected chi connectivity index (χ3v) is 2.50. The first-order valence-corrected chi connectivity index (χ1v) is 4.93. The summed E-state index contributed by atoms with van der Waals surface area (Å²) in [6, 6.07) is 4.30. The summed E-state index contributed by atoms with van der Waals surface area (Å²) in [6.07, 6.45) is 7.38. The van der Waals surface area contributed by atoms with Crippen molar-refractivity contribution in [3.05, 3.63) is 42.5 Å². The van der Waals surface area contributed by atoms with E-state index < -0.39 is 0 Å². The maximum Gasteiger partial charge on any atom is 0.203 e. The summed E-state index contributed by atoms with van der Waals surface area (Å²) in [7, 11) is 1.87. The molecule has 2 heterocycles. The predicted molar refractivity (Wildman–Crippen MR) is 59.8 cm³/mol. The Balaban J connectivity index is 2.32. The molecule has 1 N–H and O–H groups in total. The molecule has 4 nitrogen and oxygen atoms in total. The normalized spacial score (nSPS) is 12.4. The van der Waals surface area contributed by atoms with Crippen LogP contribution in [-0.2, 0) is 0 Å².